The molecule has 0 spiro atoms. The molecule has 0 bridgehead atoms. The summed E-state index contributed by atoms with van der Waals surface area (Å²) in [4.78, 5) is 63.5. The second kappa shape index (κ2) is 21.4. The molecule has 4 rings (SSSR count). The van der Waals surface area contributed by atoms with E-state index in [9.17, 15) is 65.3 Å². The zero-order valence-electron chi connectivity index (χ0n) is 27.9. The molecule has 0 fully saturated rings. The fourth-order valence-corrected chi connectivity index (χ4v) is 10.7. The van der Waals surface area contributed by atoms with Crippen LogP contribution in [0, 0.1) is 60.7 Å². The van der Waals surface area contributed by atoms with Crippen LogP contribution in [0.2, 0.25) is 0 Å². The maximum absolute atomic E-state index is 12.9. The highest BCUT2D eigenvalue weighted by molar-refractivity contribution is 8.89. The van der Waals surface area contributed by atoms with E-state index in [1.165, 1.54) is 33.9 Å². The van der Waals surface area contributed by atoms with Gasteiger partial charge in [-0.25, -0.2) is 0 Å². The molecule has 55 heavy (non-hydrogen) atoms. The van der Waals surface area contributed by atoms with E-state index in [0.717, 1.165) is 24.3 Å². The number of hydrogen-bond donors (Lipinski definition) is 2. The van der Waals surface area contributed by atoms with Crippen molar-refractivity contribution in [3.63, 3.8) is 0 Å². The van der Waals surface area contributed by atoms with Crippen molar-refractivity contribution in [1.29, 1.82) is 0 Å². The van der Waals surface area contributed by atoms with Gasteiger partial charge < -0.3 is 14.7 Å². The van der Waals surface area contributed by atoms with Crippen LogP contribution in [0.15, 0.2) is 73.3 Å². The molecule has 2 N–H and O–H groups in total. The molecular weight excluding hydrogens is 799 g/mol. The zero-order valence-corrected chi connectivity index (χ0v) is 30.4. The van der Waals surface area contributed by atoms with E-state index in [2.05, 4.69) is 9.97 Å². The van der Waals surface area contributed by atoms with Gasteiger partial charge in [0.2, 0.25) is 0 Å². The number of nitrogens with zero attached hydrogens (tertiary/aromatic N) is 8. The molecule has 0 radical (unpaired) electrons. The monoisotopic (exact) mass is 826 g/mol. The van der Waals surface area contributed by atoms with Gasteiger partial charge in [0, 0.05) is 36.3 Å². The largest absolute Gasteiger partial charge is 0.497 e. The second-order valence-electron chi connectivity index (χ2n) is 9.95. The highest BCUT2D eigenvalue weighted by Gasteiger charge is 2.31. The SMILES string of the molecule is CCOP(=O)(SCCc1ccncc1)SCCc1ccncc1.O=[N+]([O-])c1cc([N+](=O)[O-])c(O)c([N+](=O)[O-])c1.O=[N+]([O-])c1cc([N+](=O)[O-])c(O)c([N+](=O)[O-])c1. The maximum atomic E-state index is 12.9. The number of pyridine rings is 2. The molecule has 0 saturated heterocycles. The summed E-state index contributed by atoms with van der Waals surface area (Å²) in [5.74, 6) is -3.54. The molecule has 0 aliphatic rings. The van der Waals surface area contributed by atoms with Gasteiger partial charge in [-0.15, -0.1) is 0 Å². The highest BCUT2D eigenvalue weighted by Crippen LogP contribution is 2.69. The number of aromatic nitrogens is 2. The number of nitro benzene ring substituents is 6. The number of aromatic hydroxyl groups is 2. The quantitative estimate of drug-likeness (QED) is 0.0645. The number of nitro groups is 6. The molecule has 2 aromatic heterocycles. The van der Waals surface area contributed by atoms with Gasteiger partial charge in [-0.3, -0.25) is 75.2 Å². The van der Waals surface area contributed by atoms with Crippen LogP contribution in [0.5, 0.6) is 11.5 Å². The van der Waals surface area contributed by atoms with Crippen LogP contribution in [0.4, 0.5) is 34.1 Å². The smallest absolute Gasteiger partial charge is 0.324 e. The molecule has 0 atom stereocenters. The molecule has 4 aromatic rings. The van der Waals surface area contributed by atoms with E-state index in [-0.39, 0.29) is 0 Å². The lowest BCUT2D eigenvalue weighted by Crippen LogP contribution is -1.97. The Hall–Kier alpha value is -6.37. The van der Waals surface area contributed by atoms with Gasteiger partial charge in [0.05, 0.1) is 60.4 Å². The lowest BCUT2D eigenvalue weighted by atomic mass is 10.2. The minimum absolute atomic E-state index is 0.447. The number of phenols is 2. The molecule has 24 nitrogen and oxygen atoms in total. The van der Waals surface area contributed by atoms with Crippen LogP contribution in [-0.4, -0.2) is 67.8 Å². The van der Waals surface area contributed by atoms with Crippen LogP contribution < -0.4 is 0 Å². The lowest BCUT2D eigenvalue weighted by molar-refractivity contribution is -0.404. The Labute approximate surface area is 315 Å². The number of aryl methyl sites for hydroxylation is 2. The van der Waals surface area contributed by atoms with E-state index in [0.29, 0.717) is 30.9 Å². The molecule has 0 amide bonds. The van der Waals surface area contributed by atoms with Gasteiger partial charge in [0.25, 0.3) is 22.9 Å². The standard InChI is InChI=1S/C16H21N2O2PS2.2C6H3N3O7/c1-2-20-21(19,22-13-7-15-3-9-17-10-4-15)23-14-8-16-5-11-18-12-6-16;2*10-6-4(8(13)14)1-3(7(11)12)2-5(6)9(15)16/h3-6,9-12H,2,7-8,13-14H2,1H3;2*1-2,10H. The minimum atomic E-state index is -2.69. The Balaban J connectivity index is 0.000000293. The first-order valence-corrected chi connectivity index (χ1v) is 19.6. The lowest BCUT2D eigenvalue weighted by Gasteiger charge is -2.16. The number of hydrogen-bond acceptors (Lipinski definition) is 20. The van der Waals surface area contributed by atoms with Crippen molar-refractivity contribution in [2.45, 2.75) is 19.8 Å². The molecule has 0 saturated carbocycles. The maximum Gasteiger partial charge on any atom is 0.324 e. The summed E-state index contributed by atoms with van der Waals surface area (Å²) in [6, 6.07) is 9.74. The van der Waals surface area contributed by atoms with Crippen molar-refractivity contribution in [1.82, 2.24) is 9.97 Å². The summed E-state index contributed by atoms with van der Waals surface area (Å²) in [6.07, 6.45) is 8.87. The van der Waals surface area contributed by atoms with Gasteiger partial charge in [-0.05, 0) is 55.2 Å². The van der Waals surface area contributed by atoms with Crippen molar-refractivity contribution in [2.24, 2.45) is 0 Å². The summed E-state index contributed by atoms with van der Waals surface area (Å²) >= 11 is 2.88. The van der Waals surface area contributed by atoms with Gasteiger partial charge in [-0.2, -0.15) is 0 Å². The first-order valence-electron chi connectivity index (χ1n) is 14.8. The number of non-ortho nitro benzene ring substituents is 2. The average Bonchev–Trinajstić information content (AvgIpc) is 3.12. The normalized spacial score (nSPS) is 10.5. The first-order chi connectivity index (χ1) is 25.9. The predicted octanol–water partition coefficient (Wildman–Crippen LogP) is 7.11. The van der Waals surface area contributed by atoms with Crippen molar-refractivity contribution >= 4 is 62.7 Å². The molecule has 292 valence electrons. The van der Waals surface area contributed by atoms with E-state index in [1.807, 2.05) is 31.2 Å². The molecule has 0 aliphatic heterocycles. The second-order valence-corrected chi connectivity index (χ2v) is 17.6. The van der Waals surface area contributed by atoms with Crippen molar-refractivity contribution in [2.75, 3.05) is 18.1 Å². The average molecular weight is 827 g/mol. The summed E-state index contributed by atoms with van der Waals surface area (Å²) in [7, 11) is 0. The third-order valence-electron chi connectivity index (χ3n) is 6.38. The summed E-state index contributed by atoms with van der Waals surface area (Å²) < 4.78 is 18.4. The van der Waals surface area contributed by atoms with E-state index in [1.54, 1.807) is 24.8 Å². The van der Waals surface area contributed by atoms with E-state index < -0.39 is 80.9 Å². The third-order valence-corrected chi connectivity index (χ3v) is 13.9. The van der Waals surface area contributed by atoms with Crippen molar-refractivity contribution in [3.8, 4) is 11.5 Å². The van der Waals surface area contributed by atoms with Gasteiger partial charge in [-0.1, -0.05) is 22.8 Å². The summed E-state index contributed by atoms with van der Waals surface area (Å²) in [5.41, 5.74) is -3.59. The fourth-order valence-electron chi connectivity index (χ4n) is 3.87. The Morgan fingerprint density at radius 2 is 0.873 bits per heavy atom. The molecule has 2 aromatic carbocycles. The van der Waals surface area contributed by atoms with Crippen LogP contribution in [0.3, 0.4) is 0 Å². The van der Waals surface area contributed by atoms with E-state index in [4.69, 9.17) is 14.7 Å². The predicted molar refractivity (Wildman–Crippen MR) is 196 cm³/mol. The Morgan fingerprint density at radius 3 is 1.11 bits per heavy atom. The Bertz CT molecular complexity index is 1870. The highest BCUT2D eigenvalue weighted by atomic mass is 33.1. The van der Waals surface area contributed by atoms with E-state index >= 15 is 0 Å². The van der Waals surface area contributed by atoms with Crippen LogP contribution in [-0.2, 0) is 21.9 Å². The minimum Gasteiger partial charge on any atom is -0.497 e. The Kier molecular flexibility index (Phi) is 17.4. The van der Waals surface area contributed by atoms with Gasteiger partial charge in [0.1, 0.15) is 0 Å². The summed E-state index contributed by atoms with van der Waals surface area (Å²) in [6.45, 7) is 2.36. The summed E-state index contributed by atoms with van der Waals surface area (Å²) in [5, 5.41) is 80.4. The number of phenolic OH excluding ortho intramolecular Hbond substituents is 2. The van der Waals surface area contributed by atoms with Crippen molar-refractivity contribution < 1.29 is 48.8 Å². The molecular formula is C28H27N8O16PS2. The molecule has 27 heteroatoms. The van der Waals surface area contributed by atoms with Gasteiger partial charge in [0.15, 0.2) is 0 Å². The molecule has 0 unspecified atom stereocenters. The van der Waals surface area contributed by atoms with Gasteiger partial charge >= 0.3 is 28.5 Å². The Morgan fingerprint density at radius 1 is 0.582 bits per heavy atom. The van der Waals surface area contributed by atoms with Crippen LogP contribution in [0.25, 0.3) is 0 Å². The number of benzene rings is 2. The first kappa shape index (κ1) is 44.8. The number of rotatable bonds is 16. The fraction of sp³-hybridized carbons (Fsp3) is 0.214. The van der Waals surface area contributed by atoms with Crippen LogP contribution in [0.1, 0.15) is 18.1 Å². The topological polar surface area (TPSA) is 351 Å². The third kappa shape index (κ3) is 14.2. The molecule has 2 heterocycles. The zero-order chi connectivity index (χ0) is 41.3. The van der Waals surface area contributed by atoms with Crippen LogP contribution >= 0.6 is 28.5 Å². The van der Waals surface area contributed by atoms with Crippen molar-refractivity contribution in [3.05, 3.63) is 145 Å². The molecule has 0 aliphatic carbocycles.